The van der Waals surface area contributed by atoms with Crippen molar-refractivity contribution in [2.45, 2.75) is 39.2 Å². The van der Waals surface area contributed by atoms with Crippen LogP contribution in [0.2, 0.25) is 0 Å². The average molecular weight is 412 g/mol. The van der Waals surface area contributed by atoms with Gasteiger partial charge < -0.3 is 15.2 Å². The molecule has 0 spiro atoms. The summed E-state index contributed by atoms with van der Waals surface area (Å²) in [7, 11) is 0. The number of benzene rings is 1. The van der Waals surface area contributed by atoms with E-state index in [1.807, 2.05) is 28.8 Å². The molecule has 2 heterocycles. The third-order valence-electron chi connectivity index (χ3n) is 5.83. The van der Waals surface area contributed by atoms with Gasteiger partial charge in [0.15, 0.2) is 5.82 Å². The Morgan fingerprint density at radius 1 is 1.37 bits per heavy atom. The summed E-state index contributed by atoms with van der Waals surface area (Å²) in [5.74, 6) is 1.46. The third-order valence-corrected chi connectivity index (χ3v) is 5.83. The van der Waals surface area contributed by atoms with Crippen molar-refractivity contribution in [3.63, 3.8) is 0 Å². The molecule has 2 aromatic rings. The molecule has 2 aliphatic rings. The molecule has 2 N–H and O–H groups in total. The minimum Gasteiger partial charge on any atom is -0.326 e. The number of carbonyl (C=O) groups is 1. The van der Waals surface area contributed by atoms with Crippen LogP contribution in [0.3, 0.4) is 0 Å². The summed E-state index contributed by atoms with van der Waals surface area (Å²) in [5.41, 5.74) is 1.57. The van der Waals surface area contributed by atoms with Gasteiger partial charge in [0.05, 0.1) is 5.41 Å². The van der Waals surface area contributed by atoms with Gasteiger partial charge in [-0.2, -0.15) is 0 Å². The Bertz CT molecular complexity index is 781. The zero-order valence-corrected chi connectivity index (χ0v) is 17.1. The summed E-state index contributed by atoms with van der Waals surface area (Å²) in [6.45, 7) is 4.64. The Morgan fingerprint density at radius 3 is 3.04 bits per heavy atom. The number of aromatic nitrogens is 3. The summed E-state index contributed by atoms with van der Waals surface area (Å²) < 4.78 is 2.00. The van der Waals surface area contributed by atoms with Crippen LogP contribution in [0.25, 0.3) is 11.4 Å². The van der Waals surface area contributed by atoms with Crippen LogP contribution in [0.15, 0.2) is 30.6 Å². The van der Waals surface area contributed by atoms with Gasteiger partial charge in [0, 0.05) is 24.3 Å². The lowest BCUT2D eigenvalue weighted by atomic mass is 9.67. The Kier molecular flexibility index (Phi) is 7.25. The molecule has 1 aromatic carbocycles. The maximum Gasteiger partial charge on any atom is 0.232 e. The molecule has 0 bridgehead atoms. The molecular formula is C19H27Cl2N5O. The van der Waals surface area contributed by atoms with Gasteiger partial charge >= 0.3 is 0 Å². The van der Waals surface area contributed by atoms with Gasteiger partial charge in [-0.3, -0.25) is 4.79 Å². The van der Waals surface area contributed by atoms with Crippen LogP contribution >= 0.6 is 24.8 Å². The Morgan fingerprint density at radius 2 is 2.22 bits per heavy atom. The smallest absolute Gasteiger partial charge is 0.232 e. The van der Waals surface area contributed by atoms with E-state index in [0.717, 1.165) is 56.0 Å². The number of halogens is 2. The number of hydrogen-bond donors (Lipinski definition) is 2. The number of carbonyl (C=O) groups excluding carboxylic acids is 1. The minimum atomic E-state index is -0.238. The fourth-order valence-electron chi connectivity index (χ4n) is 4.39. The monoisotopic (exact) mass is 411 g/mol. The van der Waals surface area contributed by atoms with Gasteiger partial charge in [0.1, 0.15) is 6.33 Å². The van der Waals surface area contributed by atoms with Crippen LogP contribution < -0.4 is 10.6 Å². The highest BCUT2D eigenvalue weighted by Gasteiger charge is 2.49. The maximum absolute atomic E-state index is 13.1. The summed E-state index contributed by atoms with van der Waals surface area (Å²) in [6.07, 6.45) is 6.26. The van der Waals surface area contributed by atoms with Crippen LogP contribution in [0.1, 0.15) is 32.6 Å². The molecule has 1 aliphatic heterocycles. The Labute approximate surface area is 172 Å². The number of nitrogens with one attached hydrogen (secondary N) is 2. The Hall–Kier alpha value is -1.63. The number of aryl methyl sites for hydroxylation is 1. The van der Waals surface area contributed by atoms with Crippen molar-refractivity contribution in [2.75, 3.05) is 18.4 Å². The van der Waals surface area contributed by atoms with E-state index in [9.17, 15) is 4.79 Å². The van der Waals surface area contributed by atoms with E-state index in [-0.39, 0.29) is 36.1 Å². The molecule has 2 atom stereocenters. The largest absolute Gasteiger partial charge is 0.326 e. The van der Waals surface area contributed by atoms with Crippen molar-refractivity contribution in [2.24, 2.45) is 11.3 Å². The Balaban J connectivity index is 0.00000131. The molecule has 1 aromatic heterocycles. The second kappa shape index (κ2) is 9.04. The van der Waals surface area contributed by atoms with E-state index in [1.54, 1.807) is 6.33 Å². The van der Waals surface area contributed by atoms with Crippen LogP contribution in [0.5, 0.6) is 0 Å². The summed E-state index contributed by atoms with van der Waals surface area (Å²) in [4.78, 5) is 13.1. The first kappa shape index (κ1) is 21.7. The lowest BCUT2D eigenvalue weighted by Crippen LogP contribution is -2.44. The number of amides is 1. The number of anilines is 1. The van der Waals surface area contributed by atoms with Gasteiger partial charge in [-0.05, 0) is 44.4 Å². The highest BCUT2D eigenvalue weighted by atomic mass is 35.5. The molecule has 1 saturated carbocycles. The first-order valence-corrected chi connectivity index (χ1v) is 9.23. The van der Waals surface area contributed by atoms with E-state index >= 15 is 0 Å². The molecule has 2 fully saturated rings. The lowest BCUT2D eigenvalue weighted by Gasteiger charge is -2.37. The SMILES string of the molecule is CCn1cnnc1-c1cccc(NC(=O)[C@@]23CCCC[C@H]2CNC3)c1.Cl.Cl. The summed E-state index contributed by atoms with van der Waals surface area (Å²) in [5, 5.41) is 14.8. The van der Waals surface area contributed by atoms with Crippen molar-refractivity contribution in [3.8, 4) is 11.4 Å². The topological polar surface area (TPSA) is 71.8 Å². The predicted octanol–water partition coefficient (Wildman–Crippen LogP) is 3.53. The van der Waals surface area contributed by atoms with E-state index in [4.69, 9.17) is 0 Å². The quantitative estimate of drug-likeness (QED) is 0.806. The lowest BCUT2D eigenvalue weighted by molar-refractivity contribution is -0.128. The van der Waals surface area contributed by atoms with Gasteiger partial charge in [0.25, 0.3) is 0 Å². The molecule has 0 unspecified atom stereocenters. The van der Waals surface area contributed by atoms with E-state index in [0.29, 0.717) is 5.92 Å². The van der Waals surface area contributed by atoms with Crippen molar-refractivity contribution in [1.82, 2.24) is 20.1 Å². The van der Waals surface area contributed by atoms with Crippen molar-refractivity contribution in [1.29, 1.82) is 0 Å². The van der Waals surface area contributed by atoms with E-state index in [1.165, 1.54) is 6.42 Å². The first-order chi connectivity index (χ1) is 12.2. The van der Waals surface area contributed by atoms with Gasteiger partial charge in [-0.15, -0.1) is 35.0 Å². The maximum atomic E-state index is 13.1. The van der Waals surface area contributed by atoms with Crippen molar-refractivity contribution in [3.05, 3.63) is 30.6 Å². The normalized spacial score (nSPS) is 23.7. The van der Waals surface area contributed by atoms with E-state index in [2.05, 4.69) is 27.8 Å². The zero-order chi connectivity index (χ0) is 17.3. The van der Waals surface area contributed by atoms with Gasteiger partial charge in [-0.25, -0.2) is 0 Å². The first-order valence-electron chi connectivity index (χ1n) is 9.23. The van der Waals surface area contributed by atoms with Crippen LogP contribution in [-0.2, 0) is 11.3 Å². The molecule has 1 aliphatic carbocycles. The predicted molar refractivity (Wildman–Crippen MR) is 112 cm³/mol. The minimum absolute atomic E-state index is 0. The summed E-state index contributed by atoms with van der Waals surface area (Å²) in [6, 6.07) is 7.91. The van der Waals surface area contributed by atoms with Crippen LogP contribution in [-0.4, -0.2) is 33.8 Å². The molecule has 0 radical (unpaired) electrons. The molecule has 1 amide bonds. The molecule has 148 valence electrons. The number of rotatable bonds is 4. The number of fused-ring (bicyclic) bond motifs is 1. The molecule has 1 saturated heterocycles. The molecular weight excluding hydrogens is 385 g/mol. The summed E-state index contributed by atoms with van der Waals surface area (Å²) >= 11 is 0. The van der Waals surface area contributed by atoms with Crippen LogP contribution in [0, 0.1) is 11.3 Å². The fraction of sp³-hybridized carbons (Fsp3) is 0.526. The highest BCUT2D eigenvalue weighted by Crippen LogP contribution is 2.44. The highest BCUT2D eigenvalue weighted by molar-refractivity contribution is 5.96. The van der Waals surface area contributed by atoms with Crippen LogP contribution in [0.4, 0.5) is 5.69 Å². The van der Waals surface area contributed by atoms with Crippen molar-refractivity contribution >= 4 is 36.4 Å². The average Bonchev–Trinajstić information content (AvgIpc) is 3.29. The van der Waals surface area contributed by atoms with Gasteiger partial charge in [0.2, 0.25) is 5.91 Å². The molecule has 27 heavy (non-hydrogen) atoms. The van der Waals surface area contributed by atoms with Crippen molar-refractivity contribution < 1.29 is 4.79 Å². The standard InChI is InChI=1S/C19H25N5O.2ClH/c1-2-24-13-21-23-17(24)14-6-5-8-16(10-14)22-18(25)19-9-4-3-7-15(19)11-20-12-19;;/h5-6,8,10,13,15,20H,2-4,7,9,11-12H2,1H3,(H,22,25);2*1H/t15-,19+;;/m0../s1. The third kappa shape index (κ3) is 3.98. The molecule has 4 rings (SSSR count). The molecule has 6 nitrogen and oxygen atoms in total. The fourth-order valence-corrected chi connectivity index (χ4v) is 4.39. The molecule has 8 heteroatoms. The zero-order valence-electron chi connectivity index (χ0n) is 15.5. The number of nitrogens with zero attached hydrogens (tertiary/aromatic N) is 3. The second-order valence-corrected chi connectivity index (χ2v) is 7.21. The van der Waals surface area contributed by atoms with E-state index < -0.39 is 0 Å². The van der Waals surface area contributed by atoms with Gasteiger partial charge in [-0.1, -0.05) is 25.0 Å². The second-order valence-electron chi connectivity index (χ2n) is 7.21. The number of hydrogen-bond acceptors (Lipinski definition) is 4.